The molecule has 6 heteroatoms. The molecule has 1 aliphatic heterocycles. The van der Waals surface area contributed by atoms with E-state index in [0.29, 0.717) is 23.7 Å². The lowest BCUT2D eigenvalue weighted by Gasteiger charge is -2.17. The van der Waals surface area contributed by atoms with Crippen LogP contribution in [0.5, 0.6) is 0 Å². The van der Waals surface area contributed by atoms with Crippen LogP contribution in [0.3, 0.4) is 0 Å². The van der Waals surface area contributed by atoms with Crippen molar-refractivity contribution in [2.45, 2.75) is 24.8 Å². The lowest BCUT2D eigenvalue weighted by Crippen LogP contribution is -2.32. The highest BCUT2D eigenvalue weighted by molar-refractivity contribution is 7.89. The minimum Gasteiger partial charge on any atom is -0.326 e. The standard InChI is InChI=1S/C12H17ClN2O2S/c1-8-3-4-10(13)5-12(8)18(16,17)15-6-9(2)11(14)7-15/h3-5,9,11H,6-7,14H2,1-2H3. The molecule has 100 valence electrons. The van der Waals surface area contributed by atoms with Crippen LogP contribution in [0.1, 0.15) is 12.5 Å². The number of rotatable bonds is 2. The third-order valence-corrected chi connectivity index (χ3v) is 5.61. The summed E-state index contributed by atoms with van der Waals surface area (Å²) >= 11 is 5.88. The number of hydrogen-bond acceptors (Lipinski definition) is 3. The van der Waals surface area contributed by atoms with Crippen molar-refractivity contribution in [2.24, 2.45) is 11.7 Å². The van der Waals surface area contributed by atoms with Crippen LogP contribution in [-0.4, -0.2) is 31.9 Å². The topological polar surface area (TPSA) is 63.4 Å². The summed E-state index contributed by atoms with van der Waals surface area (Å²) < 4.78 is 26.5. The number of halogens is 1. The average molecular weight is 289 g/mol. The van der Waals surface area contributed by atoms with E-state index in [1.165, 1.54) is 10.4 Å². The lowest BCUT2D eigenvalue weighted by molar-refractivity contribution is 0.464. The monoisotopic (exact) mass is 288 g/mol. The molecule has 1 aliphatic rings. The van der Waals surface area contributed by atoms with Crippen molar-refractivity contribution in [1.82, 2.24) is 4.31 Å². The number of benzene rings is 1. The summed E-state index contributed by atoms with van der Waals surface area (Å²) in [6.45, 7) is 4.57. The van der Waals surface area contributed by atoms with Crippen molar-refractivity contribution in [3.63, 3.8) is 0 Å². The van der Waals surface area contributed by atoms with Gasteiger partial charge in [0.05, 0.1) is 4.90 Å². The van der Waals surface area contributed by atoms with Crippen LogP contribution in [0, 0.1) is 12.8 Å². The lowest BCUT2D eigenvalue weighted by atomic mass is 10.1. The summed E-state index contributed by atoms with van der Waals surface area (Å²) in [5, 5.41) is 0.427. The molecule has 0 amide bonds. The molecule has 0 aliphatic carbocycles. The van der Waals surface area contributed by atoms with Gasteiger partial charge in [-0.25, -0.2) is 8.42 Å². The van der Waals surface area contributed by atoms with E-state index in [2.05, 4.69) is 0 Å². The molecule has 18 heavy (non-hydrogen) atoms. The summed E-state index contributed by atoms with van der Waals surface area (Å²) in [7, 11) is -3.49. The van der Waals surface area contributed by atoms with E-state index in [1.807, 2.05) is 6.92 Å². The number of sulfonamides is 1. The van der Waals surface area contributed by atoms with Crippen LogP contribution in [-0.2, 0) is 10.0 Å². The van der Waals surface area contributed by atoms with Gasteiger partial charge >= 0.3 is 0 Å². The maximum atomic E-state index is 12.5. The molecule has 2 rings (SSSR count). The second kappa shape index (κ2) is 4.81. The largest absolute Gasteiger partial charge is 0.326 e. The number of nitrogens with zero attached hydrogens (tertiary/aromatic N) is 1. The van der Waals surface area contributed by atoms with Gasteiger partial charge in [0, 0.05) is 24.2 Å². The Bertz CT molecular complexity index is 549. The van der Waals surface area contributed by atoms with E-state index in [9.17, 15) is 8.42 Å². The summed E-state index contributed by atoms with van der Waals surface area (Å²) in [4.78, 5) is 0.274. The zero-order valence-corrected chi connectivity index (χ0v) is 12.0. The van der Waals surface area contributed by atoms with Crippen LogP contribution in [0.4, 0.5) is 0 Å². The Morgan fingerprint density at radius 1 is 1.39 bits per heavy atom. The van der Waals surface area contributed by atoms with E-state index < -0.39 is 10.0 Å². The first kappa shape index (κ1) is 13.8. The van der Waals surface area contributed by atoms with Crippen molar-refractivity contribution in [3.05, 3.63) is 28.8 Å². The summed E-state index contributed by atoms with van der Waals surface area (Å²) in [6.07, 6.45) is 0. The van der Waals surface area contributed by atoms with Gasteiger partial charge in [-0.05, 0) is 30.5 Å². The molecule has 2 unspecified atom stereocenters. The van der Waals surface area contributed by atoms with Crippen LogP contribution in [0.2, 0.25) is 5.02 Å². The molecule has 2 N–H and O–H groups in total. The van der Waals surface area contributed by atoms with Gasteiger partial charge in [0.15, 0.2) is 0 Å². The Morgan fingerprint density at radius 2 is 2.06 bits per heavy atom. The van der Waals surface area contributed by atoms with Gasteiger partial charge in [0.25, 0.3) is 0 Å². The number of hydrogen-bond donors (Lipinski definition) is 1. The van der Waals surface area contributed by atoms with Crippen LogP contribution in [0.25, 0.3) is 0 Å². The fourth-order valence-corrected chi connectivity index (χ4v) is 4.20. The SMILES string of the molecule is Cc1ccc(Cl)cc1S(=O)(=O)N1CC(C)C(N)C1. The highest BCUT2D eigenvalue weighted by Gasteiger charge is 2.36. The van der Waals surface area contributed by atoms with Crippen LogP contribution >= 0.6 is 11.6 Å². The third kappa shape index (κ3) is 2.40. The minimum atomic E-state index is -3.49. The van der Waals surface area contributed by atoms with Gasteiger partial charge in [0.2, 0.25) is 10.0 Å². The van der Waals surface area contributed by atoms with E-state index in [-0.39, 0.29) is 16.9 Å². The van der Waals surface area contributed by atoms with Gasteiger partial charge in [-0.1, -0.05) is 24.6 Å². The molecule has 0 saturated carbocycles. The smallest absolute Gasteiger partial charge is 0.243 e. The Labute approximate surface area is 113 Å². The first-order valence-electron chi connectivity index (χ1n) is 5.84. The van der Waals surface area contributed by atoms with Crippen molar-refractivity contribution in [1.29, 1.82) is 0 Å². The van der Waals surface area contributed by atoms with E-state index >= 15 is 0 Å². The average Bonchev–Trinajstić information content (AvgIpc) is 2.63. The predicted molar refractivity (Wildman–Crippen MR) is 72.1 cm³/mol. The maximum absolute atomic E-state index is 12.5. The summed E-state index contributed by atoms with van der Waals surface area (Å²) in [5.41, 5.74) is 6.58. The highest BCUT2D eigenvalue weighted by Crippen LogP contribution is 2.27. The predicted octanol–water partition coefficient (Wildman–Crippen LogP) is 1.62. The van der Waals surface area contributed by atoms with Crippen molar-refractivity contribution in [2.75, 3.05) is 13.1 Å². The van der Waals surface area contributed by atoms with Crippen molar-refractivity contribution >= 4 is 21.6 Å². The number of aryl methyl sites for hydroxylation is 1. The second-order valence-corrected chi connectivity index (χ2v) is 7.22. The molecular weight excluding hydrogens is 272 g/mol. The number of nitrogens with two attached hydrogens (primary N) is 1. The van der Waals surface area contributed by atoms with Crippen LogP contribution in [0.15, 0.2) is 23.1 Å². The molecule has 1 aromatic carbocycles. The van der Waals surface area contributed by atoms with Crippen LogP contribution < -0.4 is 5.73 Å². The molecule has 0 radical (unpaired) electrons. The summed E-state index contributed by atoms with van der Waals surface area (Å²) in [6, 6.07) is 4.81. The fraction of sp³-hybridized carbons (Fsp3) is 0.500. The first-order chi connectivity index (χ1) is 8.32. The second-order valence-electron chi connectivity index (χ2n) is 4.87. The van der Waals surface area contributed by atoms with E-state index in [4.69, 9.17) is 17.3 Å². The molecule has 0 aromatic heterocycles. The van der Waals surface area contributed by atoms with Gasteiger partial charge < -0.3 is 5.73 Å². The van der Waals surface area contributed by atoms with Crippen molar-refractivity contribution < 1.29 is 8.42 Å². The molecule has 1 heterocycles. The molecule has 1 aromatic rings. The van der Waals surface area contributed by atoms with Gasteiger partial charge in [-0.15, -0.1) is 0 Å². The van der Waals surface area contributed by atoms with Gasteiger partial charge in [0.1, 0.15) is 0 Å². The van der Waals surface area contributed by atoms with Crippen molar-refractivity contribution in [3.8, 4) is 0 Å². The Hall–Kier alpha value is -0.620. The third-order valence-electron chi connectivity index (χ3n) is 3.40. The molecule has 1 fully saturated rings. The molecule has 1 saturated heterocycles. The Kier molecular flexibility index (Phi) is 3.69. The molecule has 2 atom stereocenters. The van der Waals surface area contributed by atoms with E-state index in [1.54, 1.807) is 19.1 Å². The normalized spacial score (nSPS) is 25.6. The summed E-state index contributed by atoms with van der Waals surface area (Å²) in [5.74, 6) is 0.180. The quantitative estimate of drug-likeness (QED) is 0.899. The van der Waals surface area contributed by atoms with Gasteiger partial charge in [-0.3, -0.25) is 0 Å². The first-order valence-corrected chi connectivity index (χ1v) is 7.66. The zero-order chi connectivity index (χ0) is 13.5. The Morgan fingerprint density at radius 3 is 2.61 bits per heavy atom. The zero-order valence-electron chi connectivity index (χ0n) is 10.4. The molecular formula is C12H17ClN2O2S. The maximum Gasteiger partial charge on any atom is 0.243 e. The Balaban J connectivity index is 2.40. The molecule has 4 nitrogen and oxygen atoms in total. The fourth-order valence-electron chi connectivity index (χ4n) is 2.13. The minimum absolute atomic E-state index is 0.0979. The highest BCUT2D eigenvalue weighted by atomic mass is 35.5. The van der Waals surface area contributed by atoms with Gasteiger partial charge in [-0.2, -0.15) is 4.31 Å². The van der Waals surface area contributed by atoms with E-state index in [0.717, 1.165) is 0 Å². The molecule has 0 bridgehead atoms. The molecule has 0 spiro atoms.